The van der Waals surface area contributed by atoms with Gasteiger partial charge in [-0.05, 0) is 24.1 Å². The highest BCUT2D eigenvalue weighted by Crippen LogP contribution is 2.38. The molecule has 6 heteroatoms. The lowest BCUT2D eigenvalue weighted by Gasteiger charge is -2.23. The van der Waals surface area contributed by atoms with E-state index in [1.54, 1.807) is 17.5 Å². The van der Waals surface area contributed by atoms with Crippen LogP contribution in [0.4, 0.5) is 4.79 Å². The van der Waals surface area contributed by atoms with Crippen molar-refractivity contribution in [1.29, 1.82) is 0 Å². The first-order valence-corrected chi connectivity index (χ1v) is 9.14. The van der Waals surface area contributed by atoms with Crippen molar-refractivity contribution in [2.45, 2.75) is 32.3 Å². The van der Waals surface area contributed by atoms with Crippen LogP contribution in [-0.4, -0.2) is 30.8 Å². The number of nitrogens with zero attached hydrogens (tertiary/aromatic N) is 1. The van der Waals surface area contributed by atoms with E-state index in [-0.39, 0.29) is 12.2 Å². The molecule has 0 saturated carbocycles. The predicted molar refractivity (Wildman–Crippen MR) is 94.2 cm³/mol. The van der Waals surface area contributed by atoms with Gasteiger partial charge in [0.2, 0.25) is 0 Å². The Kier molecular flexibility index (Phi) is 5.82. The number of alkyl carbamates (subject to hydrolysis) is 1. The number of rotatable bonds is 6. The van der Waals surface area contributed by atoms with Crippen LogP contribution in [0, 0.1) is 0 Å². The molecule has 3 rings (SSSR count). The molecule has 0 bridgehead atoms. The summed E-state index contributed by atoms with van der Waals surface area (Å²) in [6.45, 7) is 3.64. The molecule has 0 spiro atoms. The zero-order valence-electron chi connectivity index (χ0n) is 13.8. The Balaban J connectivity index is 1.64. The molecule has 3 heterocycles. The normalized spacial score (nSPS) is 16.5. The van der Waals surface area contributed by atoms with E-state index >= 15 is 0 Å². The Bertz CT molecular complexity index is 672. The van der Waals surface area contributed by atoms with Crippen molar-refractivity contribution in [3.05, 3.63) is 41.0 Å². The summed E-state index contributed by atoms with van der Waals surface area (Å²) in [5.41, 5.74) is 2.28. The van der Waals surface area contributed by atoms with Crippen LogP contribution in [0.3, 0.4) is 0 Å². The van der Waals surface area contributed by atoms with E-state index < -0.39 is 0 Å². The molecule has 1 aliphatic rings. The summed E-state index contributed by atoms with van der Waals surface area (Å²) in [4.78, 5) is 18.4. The zero-order valence-corrected chi connectivity index (χ0v) is 14.6. The molecule has 2 aromatic heterocycles. The number of aromatic nitrogens is 1. The maximum atomic E-state index is 11.7. The van der Waals surface area contributed by atoms with Gasteiger partial charge < -0.3 is 14.8 Å². The number of amides is 1. The molecule has 1 amide bonds. The maximum Gasteiger partial charge on any atom is 0.407 e. The largest absolute Gasteiger partial charge is 0.450 e. The third kappa shape index (κ3) is 4.13. The van der Waals surface area contributed by atoms with E-state index in [1.165, 1.54) is 15.3 Å². The second kappa shape index (κ2) is 8.26. The van der Waals surface area contributed by atoms with E-state index in [1.807, 2.05) is 12.3 Å². The zero-order chi connectivity index (χ0) is 16.8. The van der Waals surface area contributed by atoms with E-state index in [4.69, 9.17) is 9.47 Å². The summed E-state index contributed by atoms with van der Waals surface area (Å²) in [6.07, 6.45) is 5.96. The summed E-state index contributed by atoms with van der Waals surface area (Å²) in [5, 5.41) is 2.81. The molecule has 0 radical (unpaired) electrons. The number of carbonyl (C=O) groups excluding carboxylic acids is 1. The molecular weight excluding hydrogens is 324 g/mol. The van der Waals surface area contributed by atoms with Gasteiger partial charge in [-0.25, -0.2) is 4.79 Å². The molecule has 0 fully saturated rings. The number of carbonyl (C=O) groups is 1. The van der Waals surface area contributed by atoms with Crippen molar-refractivity contribution in [2.24, 2.45) is 0 Å². The highest BCUT2D eigenvalue weighted by Gasteiger charge is 2.24. The summed E-state index contributed by atoms with van der Waals surface area (Å²) < 4.78 is 11.0. The molecular formula is C18H22N2O3S. The van der Waals surface area contributed by atoms with Crippen LogP contribution < -0.4 is 5.32 Å². The lowest BCUT2D eigenvalue weighted by Crippen LogP contribution is -2.32. The van der Waals surface area contributed by atoms with Gasteiger partial charge in [-0.2, -0.15) is 0 Å². The van der Waals surface area contributed by atoms with Crippen molar-refractivity contribution in [3.8, 4) is 10.4 Å². The van der Waals surface area contributed by atoms with Crippen molar-refractivity contribution in [3.63, 3.8) is 0 Å². The Hall–Kier alpha value is -1.92. The number of hydrogen-bond acceptors (Lipinski definition) is 5. The molecule has 1 N–H and O–H groups in total. The average Bonchev–Trinajstić information content (AvgIpc) is 3.06. The standard InChI is InChI=1S/C18H22N2O3S/c1-2-3-8-23-18(21)20-12-15-14-10-17(13-5-4-7-19-11-13)24-16(14)6-9-22-15/h4-5,7,10-11,15H,2-3,6,8-9,12H2,1H3,(H,20,21). The van der Waals surface area contributed by atoms with Crippen LogP contribution in [0.15, 0.2) is 30.6 Å². The second-order valence-corrected chi connectivity index (χ2v) is 6.85. The van der Waals surface area contributed by atoms with Gasteiger partial charge in [-0.1, -0.05) is 19.4 Å². The van der Waals surface area contributed by atoms with Gasteiger partial charge >= 0.3 is 6.09 Å². The van der Waals surface area contributed by atoms with E-state index in [9.17, 15) is 4.79 Å². The molecule has 128 valence electrons. The molecule has 1 atom stereocenters. The predicted octanol–water partition coefficient (Wildman–Crippen LogP) is 3.95. The highest BCUT2D eigenvalue weighted by atomic mass is 32.1. The van der Waals surface area contributed by atoms with E-state index in [2.05, 4.69) is 29.4 Å². The van der Waals surface area contributed by atoms with Gasteiger partial charge in [0.05, 0.1) is 19.8 Å². The van der Waals surface area contributed by atoms with Gasteiger partial charge in [0.15, 0.2) is 0 Å². The summed E-state index contributed by atoms with van der Waals surface area (Å²) in [7, 11) is 0. The Morgan fingerprint density at radius 3 is 3.25 bits per heavy atom. The number of ether oxygens (including phenoxy) is 2. The van der Waals surface area contributed by atoms with Crippen molar-refractivity contribution < 1.29 is 14.3 Å². The first-order valence-electron chi connectivity index (χ1n) is 8.33. The SMILES string of the molecule is CCCCOC(=O)NCC1OCCc2sc(-c3cccnc3)cc21. The van der Waals surface area contributed by atoms with Crippen LogP contribution in [-0.2, 0) is 15.9 Å². The van der Waals surface area contributed by atoms with Gasteiger partial charge in [-0.3, -0.25) is 4.98 Å². The fourth-order valence-corrected chi connectivity index (χ4v) is 3.83. The quantitative estimate of drug-likeness (QED) is 0.805. The summed E-state index contributed by atoms with van der Waals surface area (Å²) in [5.74, 6) is 0. The Morgan fingerprint density at radius 1 is 1.54 bits per heavy atom. The van der Waals surface area contributed by atoms with Gasteiger partial charge in [0.1, 0.15) is 6.10 Å². The fourth-order valence-electron chi connectivity index (χ4n) is 2.65. The van der Waals surface area contributed by atoms with Crippen molar-refractivity contribution in [2.75, 3.05) is 19.8 Å². The minimum atomic E-state index is -0.373. The van der Waals surface area contributed by atoms with Crippen LogP contribution in [0.1, 0.15) is 36.3 Å². The van der Waals surface area contributed by atoms with Gasteiger partial charge in [-0.15, -0.1) is 11.3 Å². The molecule has 1 unspecified atom stereocenters. The van der Waals surface area contributed by atoms with Crippen molar-refractivity contribution in [1.82, 2.24) is 10.3 Å². The van der Waals surface area contributed by atoms with Crippen molar-refractivity contribution >= 4 is 17.4 Å². The lowest BCUT2D eigenvalue weighted by molar-refractivity contribution is 0.0423. The molecule has 1 aliphatic heterocycles. The van der Waals surface area contributed by atoms with Crippen LogP contribution in [0.2, 0.25) is 0 Å². The minimum Gasteiger partial charge on any atom is -0.450 e. The fraction of sp³-hybridized carbons (Fsp3) is 0.444. The van der Waals surface area contributed by atoms with Crippen LogP contribution >= 0.6 is 11.3 Å². The number of thiophene rings is 1. The average molecular weight is 346 g/mol. The number of pyridine rings is 1. The number of nitrogens with one attached hydrogen (secondary N) is 1. The number of unbranched alkanes of at least 4 members (excludes halogenated alkanes) is 1. The third-order valence-corrected chi connectivity index (χ3v) is 5.21. The smallest absolute Gasteiger partial charge is 0.407 e. The Labute approximate surface area is 146 Å². The summed E-state index contributed by atoms with van der Waals surface area (Å²) >= 11 is 1.78. The molecule has 24 heavy (non-hydrogen) atoms. The molecule has 5 nitrogen and oxygen atoms in total. The minimum absolute atomic E-state index is 0.117. The highest BCUT2D eigenvalue weighted by molar-refractivity contribution is 7.15. The molecule has 0 aromatic carbocycles. The molecule has 0 saturated heterocycles. The maximum absolute atomic E-state index is 11.7. The third-order valence-electron chi connectivity index (χ3n) is 3.95. The first kappa shape index (κ1) is 16.9. The summed E-state index contributed by atoms with van der Waals surface area (Å²) in [6, 6.07) is 6.16. The van der Waals surface area contributed by atoms with E-state index in [0.717, 1.165) is 24.8 Å². The lowest BCUT2D eigenvalue weighted by atomic mass is 10.0. The Morgan fingerprint density at radius 2 is 2.46 bits per heavy atom. The van der Waals surface area contributed by atoms with Crippen LogP contribution in [0.25, 0.3) is 10.4 Å². The monoisotopic (exact) mass is 346 g/mol. The second-order valence-electron chi connectivity index (χ2n) is 5.71. The molecule has 0 aliphatic carbocycles. The van der Waals surface area contributed by atoms with Crippen LogP contribution in [0.5, 0.6) is 0 Å². The topological polar surface area (TPSA) is 60.5 Å². The first-order chi connectivity index (χ1) is 11.8. The molecule has 2 aromatic rings. The van der Waals surface area contributed by atoms with Gasteiger partial charge in [0.25, 0.3) is 0 Å². The van der Waals surface area contributed by atoms with E-state index in [0.29, 0.717) is 19.8 Å². The number of hydrogen-bond donors (Lipinski definition) is 1. The van der Waals surface area contributed by atoms with Gasteiger partial charge in [0, 0.05) is 34.1 Å². The number of fused-ring (bicyclic) bond motifs is 1.